The van der Waals surface area contributed by atoms with Gasteiger partial charge in [-0.1, -0.05) is 6.42 Å². The maximum Gasteiger partial charge on any atom is 0.246 e. The number of sulfonamides is 1. The van der Waals surface area contributed by atoms with E-state index in [1.54, 1.807) is 18.2 Å². The molecule has 0 aliphatic heterocycles. The fourth-order valence-corrected chi connectivity index (χ4v) is 3.39. The van der Waals surface area contributed by atoms with Crippen LogP contribution >= 0.6 is 0 Å². The maximum atomic E-state index is 12.2. The third kappa shape index (κ3) is 4.59. The first-order valence-electron chi connectivity index (χ1n) is 7.87. The molecule has 0 saturated heterocycles. The summed E-state index contributed by atoms with van der Waals surface area (Å²) in [7, 11) is 0.953. The number of anilines is 1. The second-order valence-electron chi connectivity index (χ2n) is 5.95. The van der Waals surface area contributed by atoms with Crippen molar-refractivity contribution in [3.8, 4) is 5.75 Å². The van der Waals surface area contributed by atoms with Crippen molar-refractivity contribution in [2.24, 2.45) is 5.92 Å². The van der Waals surface area contributed by atoms with Gasteiger partial charge in [-0.25, -0.2) is 12.7 Å². The molecule has 1 aliphatic carbocycles. The number of hydrogen-bond donors (Lipinski definition) is 1. The summed E-state index contributed by atoms with van der Waals surface area (Å²) in [4.78, 5) is 0.164. The van der Waals surface area contributed by atoms with Gasteiger partial charge in [0.2, 0.25) is 10.0 Å². The van der Waals surface area contributed by atoms with Crippen molar-refractivity contribution in [1.29, 1.82) is 0 Å². The van der Waals surface area contributed by atoms with E-state index >= 15 is 0 Å². The zero-order valence-corrected chi connectivity index (χ0v) is 14.9. The van der Waals surface area contributed by atoms with Crippen molar-refractivity contribution in [1.82, 2.24) is 4.31 Å². The van der Waals surface area contributed by atoms with Crippen molar-refractivity contribution in [3.63, 3.8) is 0 Å². The summed E-state index contributed by atoms with van der Waals surface area (Å²) in [6.45, 7) is 2.15. The predicted molar refractivity (Wildman–Crippen MR) is 90.5 cm³/mol. The summed E-state index contributed by atoms with van der Waals surface area (Å²) in [6, 6.07) is 5.00. The van der Waals surface area contributed by atoms with Crippen molar-refractivity contribution >= 4 is 15.7 Å². The number of hydrogen-bond acceptors (Lipinski definition) is 5. The van der Waals surface area contributed by atoms with E-state index in [-0.39, 0.29) is 4.90 Å². The minimum absolute atomic E-state index is 0.164. The minimum atomic E-state index is -3.52. The van der Waals surface area contributed by atoms with Gasteiger partial charge in [0.1, 0.15) is 10.6 Å². The van der Waals surface area contributed by atoms with Crippen LogP contribution in [0.25, 0.3) is 0 Å². The van der Waals surface area contributed by atoms with E-state index < -0.39 is 10.0 Å². The fraction of sp³-hybridized carbons (Fsp3) is 0.625. The monoisotopic (exact) mass is 342 g/mol. The highest BCUT2D eigenvalue weighted by Crippen LogP contribution is 2.29. The van der Waals surface area contributed by atoms with Gasteiger partial charge in [-0.15, -0.1) is 0 Å². The first-order valence-corrected chi connectivity index (χ1v) is 9.31. The van der Waals surface area contributed by atoms with Crippen LogP contribution in [0.15, 0.2) is 23.1 Å². The summed E-state index contributed by atoms with van der Waals surface area (Å²) in [5.41, 5.74) is 0.812. The van der Waals surface area contributed by atoms with Crippen LogP contribution in [0.5, 0.6) is 5.75 Å². The van der Waals surface area contributed by atoms with Crippen LogP contribution in [-0.2, 0) is 14.8 Å². The summed E-state index contributed by atoms with van der Waals surface area (Å²) < 4.78 is 36.5. The molecule has 0 atom stereocenters. The van der Waals surface area contributed by atoms with E-state index in [1.807, 2.05) is 0 Å². The molecule has 0 bridgehead atoms. The zero-order chi connectivity index (χ0) is 16.9. The molecular formula is C16H26N2O4S. The van der Waals surface area contributed by atoms with E-state index in [1.165, 1.54) is 44.8 Å². The number of methoxy groups -OCH3 is 1. The van der Waals surface area contributed by atoms with E-state index in [0.717, 1.165) is 18.2 Å². The molecule has 1 aromatic carbocycles. The molecule has 0 radical (unpaired) electrons. The largest absolute Gasteiger partial charge is 0.495 e. The van der Waals surface area contributed by atoms with Crippen LogP contribution < -0.4 is 10.1 Å². The highest BCUT2D eigenvalue weighted by atomic mass is 32.2. The van der Waals surface area contributed by atoms with Gasteiger partial charge in [-0.3, -0.25) is 0 Å². The maximum absolute atomic E-state index is 12.2. The first-order chi connectivity index (χ1) is 10.9. The lowest BCUT2D eigenvalue weighted by molar-refractivity contribution is 0.0767. The van der Waals surface area contributed by atoms with Crippen LogP contribution in [0, 0.1) is 5.92 Å². The van der Waals surface area contributed by atoms with Crippen LogP contribution in [-0.4, -0.2) is 53.7 Å². The zero-order valence-electron chi connectivity index (χ0n) is 14.0. The minimum Gasteiger partial charge on any atom is -0.495 e. The van der Waals surface area contributed by atoms with E-state index in [9.17, 15) is 8.42 Å². The third-order valence-electron chi connectivity index (χ3n) is 4.08. The molecule has 0 unspecified atom stereocenters. The van der Waals surface area contributed by atoms with Gasteiger partial charge in [-0.2, -0.15) is 0 Å². The number of benzene rings is 1. The third-order valence-corrected chi connectivity index (χ3v) is 5.93. The lowest BCUT2D eigenvalue weighted by atomic mass is 9.86. The normalized spacial score (nSPS) is 15.5. The molecule has 0 heterocycles. The average molecular weight is 342 g/mol. The predicted octanol–water partition coefficient (Wildman–Crippen LogP) is 2.17. The first kappa shape index (κ1) is 18.0. The van der Waals surface area contributed by atoms with Crippen LogP contribution in [0.2, 0.25) is 0 Å². The van der Waals surface area contributed by atoms with Gasteiger partial charge in [0, 0.05) is 39.0 Å². The molecule has 7 heteroatoms. The van der Waals surface area contributed by atoms with Gasteiger partial charge < -0.3 is 14.8 Å². The number of nitrogens with one attached hydrogen (secondary N) is 1. The summed E-state index contributed by atoms with van der Waals surface area (Å²) >= 11 is 0. The fourth-order valence-electron chi connectivity index (χ4n) is 2.36. The van der Waals surface area contributed by atoms with Crippen LogP contribution in [0.3, 0.4) is 0 Å². The second-order valence-corrected chi connectivity index (χ2v) is 8.07. The van der Waals surface area contributed by atoms with E-state index in [0.29, 0.717) is 18.9 Å². The molecule has 2 rings (SSSR count). The molecule has 6 nitrogen and oxygen atoms in total. The van der Waals surface area contributed by atoms with Gasteiger partial charge in [0.15, 0.2) is 0 Å². The van der Waals surface area contributed by atoms with E-state index in [4.69, 9.17) is 9.47 Å². The Balaban J connectivity index is 1.90. The Hall–Kier alpha value is -1.31. The van der Waals surface area contributed by atoms with Crippen molar-refractivity contribution < 1.29 is 17.9 Å². The van der Waals surface area contributed by atoms with Gasteiger partial charge in [0.05, 0.1) is 13.7 Å². The molecule has 0 amide bonds. The number of rotatable bonds is 9. The molecule has 0 aromatic heterocycles. The Morgan fingerprint density at radius 2 is 2.04 bits per heavy atom. The summed E-state index contributed by atoms with van der Waals surface area (Å²) in [5, 5.41) is 3.22. The van der Waals surface area contributed by atoms with Crippen LogP contribution in [0.1, 0.15) is 19.3 Å². The molecule has 1 N–H and O–H groups in total. The SMILES string of the molecule is COc1cc(NCCOCC2CCC2)ccc1S(=O)(=O)N(C)C. The standard InChI is InChI=1S/C16H26N2O4S/c1-18(2)23(19,20)16-8-7-14(11-15(16)21-3)17-9-10-22-12-13-5-4-6-13/h7-8,11,13,17H,4-6,9-10,12H2,1-3H3. The quantitative estimate of drug-likeness (QED) is 0.697. The molecular weight excluding hydrogens is 316 g/mol. The summed E-state index contributed by atoms with van der Waals surface area (Å²) in [6.07, 6.45) is 3.90. The van der Waals surface area contributed by atoms with Crippen molar-refractivity contribution in [2.75, 3.05) is 46.3 Å². The Kier molecular flexibility index (Phi) is 6.26. The van der Waals surface area contributed by atoms with Crippen LogP contribution in [0.4, 0.5) is 5.69 Å². The average Bonchev–Trinajstić information content (AvgIpc) is 2.48. The topological polar surface area (TPSA) is 67.9 Å². The molecule has 1 aliphatic rings. The lowest BCUT2D eigenvalue weighted by Gasteiger charge is -2.24. The lowest BCUT2D eigenvalue weighted by Crippen LogP contribution is -2.23. The smallest absolute Gasteiger partial charge is 0.246 e. The highest BCUT2D eigenvalue weighted by Gasteiger charge is 2.22. The number of nitrogens with zero attached hydrogens (tertiary/aromatic N) is 1. The number of ether oxygens (including phenoxy) is 2. The van der Waals surface area contributed by atoms with Gasteiger partial charge in [0.25, 0.3) is 0 Å². The highest BCUT2D eigenvalue weighted by molar-refractivity contribution is 7.89. The molecule has 130 valence electrons. The molecule has 1 saturated carbocycles. The van der Waals surface area contributed by atoms with Gasteiger partial charge >= 0.3 is 0 Å². The Morgan fingerprint density at radius 1 is 1.30 bits per heavy atom. The molecule has 23 heavy (non-hydrogen) atoms. The Bertz CT molecular complexity index is 613. The molecule has 1 fully saturated rings. The summed E-state index contributed by atoms with van der Waals surface area (Å²) in [5.74, 6) is 1.07. The Labute approximate surface area is 138 Å². The van der Waals surface area contributed by atoms with E-state index in [2.05, 4.69) is 5.32 Å². The second kappa shape index (κ2) is 7.99. The Morgan fingerprint density at radius 3 is 2.61 bits per heavy atom. The molecule has 1 aromatic rings. The van der Waals surface area contributed by atoms with Crippen molar-refractivity contribution in [2.45, 2.75) is 24.2 Å². The van der Waals surface area contributed by atoms with Crippen molar-refractivity contribution in [3.05, 3.63) is 18.2 Å². The molecule has 0 spiro atoms. The van der Waals surface area contributed by atoms with Gasteiger partial charge in [-0.05, 0) is 30.9 Å².